The van der Waals surface area contributed by atoms with Crippen LogP contribution in [0, 0.1) is 5.82 Å². The molecule has 2 rings (SSSR count). The second kappa shape index (κ2) is 5.39. The van der Waals surface area contributed by atoms with Crippen LogP contribution in [-0.4, -0.2) is 10.9 Å². The lowest BCUT2D eigenvalue weighted by atomic mass is 10.1. The van der Waals surface area contributed by atoms with Crippen molar-refractivity contribution < 1.29 is 22.4 Å². The lowest BCUT2D eigenvalue weighted by molar-refractivity contribution is -0.137. The fourth-order valence-electron chi connectivity index (χ4n) is 1.75. The Labute approximate surface area is 116 Å². The molecule has 0 radical (unpaired) electrons. The van der Waals surface area contributed by atoms with Gasteiger partial charge in [-0.2, -0.15) is 13.2 Å². The molecule has 3 N–H and O–H groups in total. The van der Waals surface area contributed by atoms with Crippen molar-refractivity contribution in [3.63, 3.8) is 0 Å². The van der Waals surface area contributed by atoms with Gasteiger partial charge in [0.2, 0.25) is 0 Å². The van der Waals surface area contributed by atoms with Crippen LogP contribution in [0.3, 0.4) is 0 Å². The number of carbonyl (C=O) groups excluding carboxylic acids is 1. The van der Waals surface area contributed by atoms with E-state index in [-0.39, 0.29) is 11.5 Å². The van der Waals surface area contributed by atoms with Crippen LogP contribution in [0.1, 0.15) is 15.9 Å². The maximum Gasteiger partial charge on any atom is 0.417 e. The van der Waals surface area contributed by atoms with E-state index in [2.05, 4.69) is 10.3 Å². The molecule has 0 spiro atoms. The van der Waals surface area contributed by atoms with Crippen molar-refractivity contribution in [3.05, 3.63) is 53.5 Å². The fourth-order valence-corrected chi connectivity index (χ4v) is 1.75. The first-order valence-electron chi connectivity index (χ1n) is 5.67. The maximum absolute atomic E-state index is 13.1. The molecule has 0 unspecified atom stereocenters. The Morgan fingerprint density at radius 3 is 2.52 bits per heavy atom. The highest BCUT2D eigenvalue weighted by atomic mass is 19.4. The summed E-state index contributed by atoms with van der Waals surface area (Å²) in [5, 5.41) is 2.46. The van der Waals surface area contributed by atoms with Gasteiger partial charge in [0.15, 0.2) is 0 Å². The highest BCUT2D eigenvalue weighted by molar-refractivity contribution is 5.99. The Hall–Kier alpha value is -2.64. The molecule has 0 aliphatic rings. The third-order valence-electron chi connectivity index (χ3n) is 2.59. The van der Waals surface area contributed by atoms with Crippen LogP contribution in [0.5, 0.6) is 0 Å². The average Bonchev–Trinajstić information content (AvgIpc) is 2.37. The molecule has 0 atom stereocenters. The van der Waals surface area contributed by atoms with Crippen molar-refractivity contribution in [3.8, 4) is 0 Å². The first-order valence-corrected chi connectivity index (χ1v) is 5.67. The first kappa shape index (κ1) is 14.8. The molecule has 21 heavy (non-hydrogen) atoms. The van der Waals surface area contributed by atoms with Gasteiger partial charge in [-0.15, -0.1) is 0 Å². The lowest BCUT2D eigenvalue weighted by Gasteiger charge is -2.14. The summed E-state index contributed by atoms with van der Waals surface area (Å²) in [6, 6.07) is 5.63. The Bertz CT molecular complexity index is 685. The number of carbonyl (C=O) groups is 1. The van der Waals surface area contributed by atoms with Gasteiger partial charge in [-0.1, -0.05) is 6.07 Å². The monoisotopic (exact) mass is 299 g/mol. The second-order valence-electron chi connectivity index (χ2n) is 4.08. The number of amides is 1. The molecule has 2 aromatic rings. The standard InChI is InChI=1S/C13H9F4N3O/c14-7-2-1-3-8(6-7)20-12-10(11(18)21)9(4-5-19-12)13(15,16)17/h1-6H,(H2,18,21)(H,19,20). The van der Waals surface area contributed by atoms with Gasteiger partial charge < -0.3 is 11.1 Å². The van der Waals surface area contributed by atoms with Crippen molar-refractivity contribution in [2.24, 2.45) is 5.73 Å². The number of benzene rings is 1. The Morgan fingerprint density at radius 2 is 1.95 bits per heavy atom. The van der Waals surface area contributed by atoms with Gasteiger partial charge in [-0.05, 0) is 24.3 Å². The predicted octanol–water partition coefficient (Wildman–Crippen LogP) is 3.08. The number of primary amides is 1. The summed E-state index contributed by atoms with van der Waals surface area (Å²) in [6.07, 6.45) is -3.87. The van der Waals surface area contributed by atoms with Crippen LogP contribution < -0.4 is 11.1 Å². The molecule has 8 heteroatoms. The van der Waals surface area contributed by atoms with E-state index in [0.717, 1.165) is 12.3 Å². The Kier molecular flexibility index (Phi) is 3.79. The zero-order valence-electron chi connectivity index (χ0n) is 10.4. The molecule has 4 nitrogen and oxygen atoms in total. The SMILES string of the molecule is NC(=O)c1c(C(F)(F)F)ccnc1Nc1cccc(F)c1. The summed E-state index contributed by atoms with van der Waals surface area (Å²) in [7, 11) is 0. The average molecular weight is 299 g/mol. The smallest absolute Gasteiger partial charge is 0.365 e. The maximum atomic E-state index is 13.1. The van der Waals surface area contributed by atoms with Crippen LogP contribution in [0.15, 0.2) is 36.5 Å². The van der Waals surface area contributed by atoms with Gasteiger partial charge in [-0.3, -0.25) is 4.79 Å². The number of pyridine rings is 1. The molecule has 1 aromatic heterocycles. The summed E-state index contributed by atoms with van der Waals surface area (Å²) >= 11 is 0. The number of nitrogens with one attached hydrogen (secondary N) is 1. The fraction of sp³-hybridized carbons (Fsp3) is 0.0769. The van der Waals surface area contributed by atoms with E-state index >= 15 is 0 Å². The highest BCUT2D eigenvalue weighted by Gasteiger charge is 2.36. The minimum atomic E-state index is -4.76. The zero-order chi connectivity index (χ0) is 15.6. The number of alkyl halides is 3. The normalized spacial score (nSPS) is 11.2. The molecule has 1 aromatic carbocycles. The van der Waals surface area contributed by atoms with Gasteiger partial charge >= 0.3 is 6.18 Å². The summed E-state index contributed by atoms with van der Waals surface area (Å²) in [6.45, 7) is 0. The molecular weight excluding hydrogens is 290 g/mol. The van der Waals surface area contributed by atoms with Crippen molar-refractivity contribution in [2.75, 3.05) is 5.32 Å². The molecular formula is C13H9F4N3O. The van der Waals surface area contributed by atoms with Gasteiger partial charge in [0.05, 0.1) is 11.1 Å². The Balaban J connectivity index is 2.51. The number of rotatable bonds is 3. The minimum absolute atomic E-state index is 0.143. The van der Waals surface area contributed by atoms with Crippen molar-refractivity contribution in [2.45, 2.75) is 6.18 Å². The van der Waals surface area contributed by atoms with Crippen LogP contribution >= 0.6 is 0 Å². The van der Waals surface area contributed by atoms with Crippen LogP contribution in [0.25, 0.3) is 0 Å². The van der Waals surface area contributed by atoms with Gasteiger partial charge in [-0.25, -0.2) is 9.37 Å². The third-order valence-corrected chi connectivity index (χ3v) is 2.59. The van der Waals surface area contributed by atoms with Crippen LogP contribution in [0.2, 0.25) is 0 Å². The molecule has 1 amide bonds. The predicted molar refractivity (Wildman–Crippen MR) is 67.4 cm³/mol. The highest BCUT2D eigenvalue weighted by Crippen LogP contribution is 2.34. The molecule has 0 saturated heterocycles. The Morgan fingerprint density at radius 1 is 1.24 bits per heavy atom. The van der Waals surface area contributed by atoms with Gasteiger partial charge in [0, 0.05) is 11.9 Å². The van der Waals surface area contributed by atoms with Crippen molar-refractivity contribution >= 4 is 17.4 Å². The number of hydrogen-bond donors (Lipinski definition) is 2. The first-order chi connectivity index (χ1) is 9.79. The molecule has 0 saturated carbocycles. The van der Waals surface area contributed by atoms with Gasteiger partial charge in [0.25, 0.3) is 5.91 Å². The quantitative estimate of drug-likeness (QED) is 0.856. The summed E-state index contributed by atoms with van der Waals surface area (Å²) in [4.78, 5) is 15.0. The van der Waals surface area contributed by atoms with Gasteiger partial charge in [0.1, 0.15) is 11.6 Å². The van der Waals surface area contributed by atoms with Crippen LogP contribution in [0.4, 0.5) is 29.1 Å². The van der Waals surface area contributed by atoms with Crippen LogP contribution in [-0.2, 0) is 6.18 Å². The van der Waals surface area contributed by atoms with Crippen molar-refractivity contribution in [1.82, 2.24) is 4.98 Å². The molecule has 110 valence electrons. The number of aromatic nitrogens is 1. The largest absolute Gasteiger partial charge is 0.417 e. The van der Waals surface area contributed by atoms with E-state index in [4.69, 9.17) is 5.73 Å². The number of nitrogens with two attached hydrogens (primary N) is 1. The second-order valence-corrected chi connectivity index (χ2v) is 4.08. The molecule has 0 aliphatic heterocycles. The van der Waals surface area contributed by atoms with Crippen molar-refractivity contribution in [1.29, 1.82) is 0 Å². The van der Waals surface area contributed by atoms with E-state index in [1.807, 2.05) is 0 Å². The third kappa shape index (κ3) is 3.28. The number of anilines is 2. The summed E-state index contributed by atoms with van der Waals surface area (Å²) < 4.78 is 51.7. The molecule has 0 bridgehead atoms. The number of nitrogens with zero attached hydrogens (tertiary/aromatic N) is 1. The lowest BCUT2D eigenvalue weighted by Crippen LogP contribution is -2.21. The summed E-state index contributed by atoms with van der Waals surface area (Å²) in [5.74, 6) is -2.26. The molecule has 1 heterocycles. The molecule has 0 fully saturated rings. The van der Waals surface area contributed by atoms with E-state index in [1.54, 1.807) is 0 Å². The topological polar surface area (TPSA) is 68.0 Å². The number of halogens is 4. The van der Waals surface area contributed by atoms with E-state index in [9.17, 15) is 22.4 Å². The van der Waals surface area contributed by atoms with E-state index in [0.29, 0.717) is 6.07 Å². The van der Waals surface area contributed by atoms with E-state index < -0.39 is 29.0 Å². The minimum Gasteiger partial charge on any atom is -0.365 e. The molecule has 0 aliphatic carbocycles. The summed E-state index contributed by atoms with van der Waals surface area (Å²) in [5.41, 5.74) is 3.14. The number of hydrogen-bond acceptors (Lipinski definition) is 3. The van der Waals surface area contributed by atoms with E-state index in [1.165, 1.54) is 18.2 Å². The zero-order valence-corrected chi connectivity index (χ0v) is 10.4.